The zero-order valence-electron chi connectivity index (χ0n) is 24.4. The van der Waals surface area contributed by atoms with Crippen LogP contribution in [0.4, 0.5) is 5.69 Å². The first kappa shape index (κ1) is 29.6. The lowest BCUT2D eigenvalue weighted by Gasteiger charge is -2.41. The second-order valence-electron chi connectivity index (χ2n) is 11.9. The van der Waals surface area contributed by atoms with E-state index in [0.29, 0.717) is 36.4 Å². The van der Waals surface area contributed by atoms with Gasteiger partial charge in [-0.15, -0.1) is 0 Å². The summed E-state index contributed by atoms with van der Waals surface area (Å²) in [6, 6.07) is 13.1. The fourth-order valence-electron chi connectivity index (χ4n) is 7.51. The number of cyclic esters (lactones) is 1. The molecule has 226 valence electrons. The Kier molecular flexibility index (Phi) is 7.96. The topological polar surface area (TPSA) is 96.4 Å². The number of aryl methyl sites for hydroxylation is 1. The van der Waals surface area contributed by atoms with Gasteiger partial charge in [0.1, 0.15) is 23.2 Å². The van der Waals surface area contributed by atoms with Crippen LogP contribution in [-0.4, -0.2) is 70.8 Å². The van der Waals surface area contributed by atoms with E-state index >= 15 is 0 Å². The molecule has 8 nitrogen and oxygen atoms in total. The van der Waals surface area contributed by atoms with Gasteiger partial charge in [-0.1, -0.05) is 85.3 Å². The minimum Gasteiger partial charge on any atom is -0.465 e. The Labute approximate surface area is 256 Å². The number of nitrogens with zero attached hydrogens (tertiary/aromatic N) is 2. The van der Waals surface area contributed by atoms with Crippen LogP contribution in [0.5, 0.6) is 0 Å². The molecule has 43 heavy (non-hydrogen) atoms. The van der Waals surface area contributed by atoms with E-state index in [0.717, 1.165) is 11.1 Å². The van der Waals surface area contributed by atoms with Crippen LogP contribution in [0.2, 0.25) is 5.02 Å². The van der Waals surface area contributed by atoms with Gasteiger partial charge in [0.15, 0.2) is 0 Å². The molecule has 9 heteroatoms. The van der Waals surface area contributed by atoms with E-state index in [2.05, 4.69) is 0 Å². The SMILES string of the molecule is CC[C@]12/C=C\CCCOC(=O)[C@H]1[C@H]1C(=O)N([C@@H](CO)Cc3ccccc3)C3C(=O)N(c4c(C)cccc4Cl)CC=C[C@@]31O2. The van der Waals surface area contributed by atoms with Crippen molar-refractivity contribution in [3.8, 4) is 0 Å². The number of halogens is 1. The standard InChI is InChI=1S/C34H37ClN2O6/c1-3-33-16-8-5-9-19-42-32(41)27(33)26-30(39)37(24(21-38)20-23-13-6-4-7-14-23)29-31(40)36(18-11-17-34(26,29)43-33)28-22(2)12-10-15-25(28)35/h4,6-8,10-17,24,26-27,29,38H,3,5,9,18-21H2,1-2H3/b16-8-/t24-,26+,27-,29?,33+,34+/m1/s1. The normalized spacial score (nSPS) is 31.7. The predicted octanol–water partition coefficient (Wildman–Crippen LogP) is 4.41. The van der Waals surface area contributed by atoms with Crippen LogP contribution < -0.4 is 4.90 Å². The highest BCUT2D eigenvalue weighted by Crippen LogP contribution is 2.59. The molecule has 0 radical (unpaired) electrons. The number of amides is 2. The maximum absolute atomic E-state index is 14.9. The molecule has 4 aliphatic rings. The van der Waals surface area contributed by atoms with Crippen molar-refractivity contribution in [1.29, 1.82) is 0 Å². The van der Waals surface area contributed by atoms with Gasteiger partial charge in [-0.05, 0) is 49.8 Å². The molecular formula is C34H37ClN2O6. The number of aliphatic hydroxyl groups excluding tert-OH is 1. The lowest BCUT2D eigenvalue weighted by Crippen LogP contribution is -2.59. The van der Waals surface area contributed by atoms with E-state index in [1.807, 2.05) is 74.5 Å². The van der Waals surface area contributed by atoms with Crippen molar-refractivity contribution in [3.05, 3.63) is 89.0 Å². The molecule has 0 bridgehead atoms. The Hall–Kier alpha value is -3.46. The van der Waals surface area contributed by atoms with E-state index in [1.165, 1.54) is 4.90 Å². The van der Waals surface area contributed by atoms with Crippen LogP contribution in [-0.2, 0) is 30.3 Å². The van der Waals surface area contributed by atoms with Crippen LogP contribution >= 0.6 is 11.6 Å². The van der Waals surface area contributed by atoms with Gasteiger partial charge < -0.3 is 24.4 Å². The van der Waals surface area contributed by atoms with Crippen molar-refractivity contribution in [2.45, 2.75) is 62.8 Å². The molecule has 6 rings (SSSR count). The minimum atomic E-state index is -1.47. The number of fused-ring (bicyclic) bond motifs is 2. The summed E-state index contributed by atoms with van der Waals surface area (Å²) in [5, 5.41) is 11.2. The Balaban J connectivity index is 1.54. The molecule has 0 aromatic heterocycles. The van der Waals surface area contributed by atoms with Gasteiger partial charge in [0, 0.05) is 6.54 Å². The number of carbonyl (C=O) groups is 3. The summed E-state index contributed by atoms with van der Waals surface area (Å²) < 4.78 is 12.7. The van der Waals surface area contributed by atoms with E-state index in [4.69, 9.17) is 21.1 Å². The van der Waals surface area contributed by atoms with Crippen LogP contribution in [0.15, 0.2) is 72.8 Å². The number of rotatable bonds is 6. The molecule has 1 spiro atoms. The van der Waals surface area contributed by atoms with Gasteiger partial charge in [-0.25, -0.2) is 0 Å². The Bertz CT molecular complexity index is 1460. The number of hydrogen-bond donors (Lipinski definition) is 1. The van der Waals surface area contributed by atoms with Crippen molar-refractivity contribution >= 4 is 35.1 Å². The quantitative estimate of drug-likeness (QED) is 0.388. The highest BCUT2D eigenvalue weighted by atomic mass is 35.5. The average molecular weight is 605 g/mol. The number of benzene rings is 2. The zero-order chi connectivity index (χ0) is 30.4. The summed E-state index contributed by atoms with van der Waals surface area (Å²) in [6.07, 6.45) is 9.62. The van der Waals surface area contributed by atoms with Crippen LogP contribution in [0.25, 0.3) is 0 Å². The maximum Gasteiger partial charge on any atom is 0.313 e. The molecule has 4 aliphatic heterocycles. The summed E-state index contributed by atoms with van der Waals surface area (Å²) in [5.74, 6) is -3.27. The summed E-state index contributed by atoms with van der Waals surface area (Å²) in [4.78, 5) is 46.6. The number of ether oxygens (including phenoxy) is 2. The second-order valence-corrected chi connectivity index (χ2v) is 12.3. The smallest absolute Gasteiger partial charge is 0.313 e. The molecule has 4 heterocycles. The molecule has 2 amide bonds. The highest BCUT2D eigenvalue weighted by molar-refractivity contribution is 6.34. The molecule has 2 fully saturated rings. The maximum atomic E-state index is 14.9. The third-order valence-electron chi connectivity index (χ3n) is 9.45. The number of likely N-dealkylation sites (tertiary alicyclic amines) is 1. The first-order valence-electron chi connectivity index (χ1n) is 15.0. The molecule has 2 aromatic carbocycles. The molecule has 1 unspecified atom stereocenters. The molecule has 0 aliphatic carbocycles. The predicted molar refractivity (Wildman–Crippen MR) is 162 cm³/mol. The van der Waals surface area contributed by atoms with Gasteiger partial charge in [0.05, 0.1) is 35.9 Å². The monoisotopic (exact) mass is 604 g/mol. The molecular weight excluding hydrogens is 568 g/mol. The fraction of sp³-hybridized carbons (Fsp3) is 0.441. The number of carbonyl (C=O) groups excluding carboxylic acids is 3. The zero-order valence-corrected chi connectivity index (χ0v) is 25.2. The Morgan fingerprint density at radius 3 is 2.53 bits per heavy atom. The van der Waals surface area contributed by atoms with Crippen molar-refractivity contribution in [3.63, 3.8) is 0 Å². The van der Waals surface area contributed by atoms with Crippen LogP contribution in [0.1, 0.15) is 37.3 Å². The second kappa shape index (κ2) is 11.6. The first-order valence-corrected chi connectivity index (χ1v) is 15.4. The summed E-state index contributed by atoms with van der Waals surface area (Å²) in [5.41, 5.74) is -0.335. The summed E-state index contributed by atoms with van der Waals surface area (Å²) in [6.45, 7) is 3.87. The number of hydrogen-bond acceptors (Lipinski definition) is 6. The number of esters is 1. The Morgan fingerprint density at radius 1 is 1.02 bits per heavy atom. The lowest BCUT2D eigenvalue weighted by atomic mass is 9.73. The number of para-hydroxylation sites is 1. The van der Waals surface area contributed by atoms with Crippen molar-refractivity contribution in [2.75, 3.05) is 24.7 Å². The number of anilines is 1. The van der Waals surface area contributed by atoms with E-state index in [-0.39, 0.29) is 25.7 Å². The third-order valence-corrected chi connectivity index (χ3v) is 9.75. The minimum absolute atomic E-state index is 0.201. The van der Waals surface area contributed by atoms with Crippen molar-refractivity contribution in [1.82, 2.24) is 4.90 Å². The third kappa shape index (κ3) is 4.71. The van der Waals surface area contributed by atoms with Crippen LogP contribution in [0, 0.1) is 18.8 Å². The fourth-order valence-corrected chi connectivity index (χ4v) is 7.83. The van der Waals surface area contributed by atoms with Gasteiger partial charge in [0.25, 0.3) is 5.91 Å². The van der Waals surface area contributed by atoms with Crippen molar-refractivity contribution < 1.29 is 29.0 Å². The summed E-state index contributed by atoms with van der Waals surface area (Å²) in [7, 11) is 0. The molecule has 2 saturated heterocycles. The Morgan fingerprint density at radius 2 is 1.81 bits per heavy atom. The van der Waals surface area contributed by atoms with Gasteiger partial charge >= 0.3 is 5.97 Å². The van der Waals surface area contributed by atoms with Crippen LogP contribution in [0.3, 0.4) is 0 Å². The average Bonchev–Trinajstić information content (AvgIpc) is 3.39. The molecule has 1 N–H and O–H groups in total. The van der Waals surface area contributed by atoms with Crippen molar-refractivity contribution in [2.24, 2.45) is 11.8 Å². The molecule has 2 aromatic rings. The van der Waals surface area contributed by atoms with Gasteiger partial charge in [-0.3, -0.25) is 14.4 Å². The van der Waals surface area contributed by atoms with E-state index in [9.17, 15) is 19.5 Å². The number of allylic oxidation sites excluding steroid dienone is 1. The highest BCUT2D eigenvalue weighted by Gasteiger charge is 2.76. The molecule has 6 atom stereocenters. The largest absolute Gasteiger partial charge is 0.465 e. The number of aliphatic hydroxyl groups is 1. The van der Waals surface area contributed by atoms with Gasteiger partial charge in [-0.2, -0.15) is 0 Å². The molecule has 0 saturated carbocycles. The van der Waals surface area contributed by atoms with E-state index in [1.54, 1.807) is 17.0 Å². The summed E-state index contributed by atoms with van der Waals surface area (Å²) >= 11 is 6.67. The lowest BCUT2D eigenvalue weighted by molar-refractivity contribution is -0.161. The first-order chi connectivity index (χ1) is 20.8. The van der Waals surface area contributed by atoms with E-state index < -0.39 is 47.0 Å². The van der Waals surface area contributed by atoms with Gasteiger partial charge in [0.2, 0.25) is 5.91 Å².